The van der Waals surface area contributed by atoms with Crippen molar-refractivity contribution in [2.45, 2.75) is 43.8 Å². The average Bonchev–Trinajstić information content (AvgIpc) is 3.32. The first-order valence-corrected chi connectivity index (χ1v) is 13.8. The van der Waals surface area contributed by atoms with Crippen molar-refractivity contribution < 1.29 is 14.4 Å². The zero-order chi connectivity index (χ0) is 27.2. The summed E-state index contributed by atoms with van der Waals surface area (Å²) in [6.07, 6.45) is 1.71. The van der Waals surface area contributed by atoms with Crippen LogP contribution in [0.5, 0.6) is 0 Å². The van der Waals surface area contributed by atoms with Crippen LogP contribution in [0.25, 0.3) is 10.9 Å². The Balaban J connectivity index is 1.45. The number of nitrogens with one attached hydrogen (secondary N) is 1. The standard InChI is InChI=1S/C27H31ClN6O3S/c1-33(2)26(37)16-8-10-27(29,23(35)20-6-4-15-12-17(28)5-7-18(15)30-20)22(13-16)32-24(36)25-31-19-9-11-34(3)14-21(19)38-25/h4-7,12,16,22H,8-11,13-14,29H2,1-3H3,(H,32,36). The summed E-state index contributed by atoms with van der Waals surface area (Å²) >= 11 is 7.46. The van der Waals surface area contributed by atoms with E-state index in [0.29, 0.717) is 22.0 Å². The molecular weight excluding hydrogens is 524 g/mol. The Morgan fingerprint density at radius 1 is 1.21 bits per heavy atom. The third-order valence-electron chi connectivity index (χ3n) is 7.57. The number of fused-ring (bicyclic) bond motifs is 2. The number of Topliss-reactive ketones (excluding diaryl/α,β-unsaturated/α-hetero) is 1. The zero-order valence-corrected chi connectivity index (χ0v) is 23.2. The van der Waals surface area contributed by atoms with E-state index < -0.39 is 11.6 Å². The highest BCUT2D eigenvalue weighted by Gasteiger charge is 2.49. The normalized spacial score (nSPS) is 23.6. The number of likely N-dealkylation sites (N-methyl/N-ethyl adjacent to an activating group) is 1. The lowest BCUT2D eigenvalue weighted by Crippen LogP contribution is -2.66. The summed E-state index contributed by atoms with van der Waals surface area (Å²) < 4.78 is 0. The summed E-state index contributed by atoms with van der Waals surface area (Å²) in [5.74, 6) is -1.15. The summed E-state index contributed by atoms with van der Waals surface area (Å²) in [5.41, 5.74) is 7.21. The van der Waals surface area contributed by atoms with Crippen LogP contribution in [0.15, 0.2) is 30.3 Å². The van der Waals surface area contributed by atoms with Crippen molar-refractivity contribution >= 4 is 51.4 Å². The number of carbonyl (C=O) groups is 3. The van der Waals surface area contributed by atoms with Gasteiger partial charge in [0.05, 0.1) is 17.3 Å². The van der Waals surface area contributed by atoms with E-state index in [-0.39, 0.29) is 42.1 Å². The first kappa shape index (κ1) is 26.7. The Labute approximate surface area is 230 Å². The molecule has 2 aromatic heterocycles. The van der Waals surface area contributed by atoms with Gasteiger partial charge in [0.1, 0.15) is 11.2 Å². The van der Waals surface area contributed by atoms with Gasteiger partial charge in [-0.2, -0.15) is 0 Å². The maximum Gasteiger partial charge on any atom is 0.280 e. The van der Waals surface area contributed by atoms with Gasteiger partial charge in [-0.3, -0.25) is 14.4 Å². The first-order valence-electron chi connectivity index (χ1n) is 12.6. The van der Waals surface area contributed by atoms with Gasteiger partial charge in [0.15, 0.2) is 5.01 Å². The maximum absolute atomic E-state index is 13.9. The van der Waals surface area contributed by atoms with Crippen LogP contribution in [0.1, 0.15) is 50.1 Å². The minimum absolute atomic E-state index is 0.0489. The molecule has 0 saturated heterocycles. The number of aromatic nitrogens is 2. The highest BCUT2D eigenvalue weighted by Crippen LogP contribution is 2.35. The predicted octanol–water partition coefficient (Wildman–Crippen LogP) is 2.90. The van der Waals surface area contributed by atoms with Crippen molar-refractivity contribution in [3.8, 4) is 0 Å². The van der Waals surface area contributed by atoms with Crippen molar-refractivity contribution in [3.63, 3.8) is 0 Å². The van der Waals surface area contributed by atoms with Crippen LogP contribution in [-0.2, 0) is 17.8 Å². The molecule has 5 rings (SSSR count). The second-order valence-corrected chi connectivity index (χ2v) is 12.0. The van der Waals surface area contributed by atoms with Crippen molar-refractivity contribution in [2.24, 2.45) is 11.7 Å². The van der Waals surface area contributed by atoms with Crippen LogP contribution in [-0.4, -0.2) is 76.6 Å². The molecule has 11 heteroatoms. The minimum atomic E-state index is -1.43. The highest BCUT2D eigenvalue weighted by molar-refractivity contribution is 7.13. The van der Waals surface area contributed by atoms with E-state index in [2.05, 4.69) is 20.2 Å². The molecule has 1 aromatic carbocycles. The number of benzene rings is 1. The van der Waals surface area contributed by atoms with Crippen LogP contribution in [0.4, 0.5) is 0 Å². The fourth-order valence-electron chi connectivity index (χ4n) is 5.35. The molecule has 0 radical (unpaired) electrons. The quantitative estimate of drug-likeness (QED) is 0.465. The largest absolute Gasteiger partial charge is 0.349 e. The number of thiazole rings is 1. The third-order valence-corrected chi connectivity index (χ3v) is 8.88. The van der Waals surface area contributed by atoms with Gasteiger partial charge in [-0.15, -0.1) is 11.3 Å². The fourth-order valence-corrected chi connectivity index (χ4v) is 6.62. The molecule has 3 N–H and O–H groups in total. The number of nitrogens with zero attached hydrogens (tertiary/aromatic N) is 4. The van der Waals surface area contributed by atoms with Gasteiger partial charge in [0.2, 0.25) is 11.7 Å². The number of hydrogen-bond donors (Lipinski definition) is 2. The molecule has 2 amide bonds. The van der Waals surface area contributed by atoms with Crippen LogP contribution in [0, 0.1) is 5.92 Å². The van der Waals surface area contributed by atoms with E-state index in [9.17, 15) is 14.4 Å². The molecule has 200 valence electrons. The molecule has 9 nitrogen and oxygen atoms in total. The molecule has 3 heterocycles. The number of halogens is 1. The lowest BCUT2D eigenvalue weighted by Gasteiger charge is -2.43. The number of carbonyl (C=O) groups excluding carboxylic acids is 3. The number of hydrogen-bond acceptors (Lipinski definition) is 8. The van der Waals surface area contributed by atoms with Crippen LogP contribution in [0.2, 0.25) is 5.02 Å². The van der Waals surface area contributed by atoms with Crippen LogP contribution >= 0.6 is 22.9 Å². The molecule has 0 spiro atoms. The molecule has 3 aromatic rings. The monoisotopic (exact) mass is 554 g/mol. The molecular formula is C27H31ClN6O3S. The van der Waals surface area contributed by atoms with Gasteiger partial charge in [-0.05, 0) is 50.6 Å². The Morgan fingerprint density at radius 3 is 2.76 bits per heavy atom. The Morgan fingerprint density at radius 2 is 2.00 bits per heavy atom. The smallest absolute Gasteiger partial charge is 0.280 e. The molecule has 2 aliphatic rings. The molecule has 1 fully saturated rings. The summed E-state index contributed by atoms with van der Waals surface area (Å²) in [6, 6.07) is 7.91. The van der Waals surface area contributed by atoms with Gasteiger partial charge >= 0.3 is 0 Å². The Hall–Kier alpha value is -2.92. The average molecular weight is 555 g/mol. The first-order chi connectivity index (χ1) is 18.0. The molecule has 0 bridgehead atoms. The van der Waals surface area contributed by atoms with Gasteiger partial charge in [-0.25, -0.2) is 9.97 Å². The number of ketones is 1. The summed E-state index contributed by atoms with van der Waals surface area (Å²) in [5, 5.41) is 4.74. The van der Waals surface area contributed by atoms with Crippen LogP contribution in [0.3, 0.4) is 0 Å². The third kappa shape index (κ3) is 5.05. The number of amides is 2. The number of rotatable bonds is 5. The zero-order valence-electron chi connectivity index (χ0n) is 21.7. The minimum Gasteiger partial charge on any atom is -0.349 e. The molecule has 3 unspecified atom stereocenters. The van der Waals surface area contributed by atoms with Crippen molar-refractivity contribution in [3.05, 3.63) is 56.6 Å². The SMILES string of the molecule is CN1CCc2nc(C(=O)NC3CC(C(=O)N(C)C)CCC3(N)C(=O)c3ccc4cc(Cl)ccc4n3)sc2C1. The second-order valence-electron chi connectivity index (χ2n) is 10.5. The molecule has 3 atom stereocenters. The predicted molar refractivity (Wildman–Crippen MR) is 147 cm³/mol. The van der Waals surface area contributed by atoms with E-state index in [1.807, 2.05) is 7.05 Å². The van der Waals surface area contributed by atoms with Gasteiger partial charge < -0.3 is 20.9 Å². The fraction of sp³-hybridized carbons (Fsp3) is 0.444. The van der Waals surface area contributed by atoms with E-state index >= 15 is 0 Å². The van der Waals surface area contributed by atoms with Crippen molar-refractivity contribution in [1.82, 2.24) is 25.1 Å². The van der Waals surface area contributed by atoms with Gasteiger partial charge in [0.25, 0.3) is 5.91 Å². The summed E-state index contributed by atoms with van der Waals surface area (Å²) in [6.45, 7) is 1.64. The Kier molecular flexibility index (Phi) is 7.25. The van der Waals surface area contributed by atoms with E-state index in [1.165, 1.54) is 16.2 Å². The molecule has 38 heavy (non-hydrogen) atoms. The maximum atomic E-state index is 13.9. The summed E-state index contributed by atoms with van der Waals surface area (Å²) in [4.78, 5) is 54.1. The number of nitrogens with two attached hydrogens (primary N) is 1. The molecule has 1 aliphatic heterocycles. The van der Waals surface area contributed by atoms with E-state index in [0.717, 1.165) is 35.5 Å². The Bertz CT molecular complexity index is 1430. The van der Waals surface area contributed by atoms with E-state index in [1.54, 1.807) is 44.4 Å². The van der Waals surface area contributed by atoms with Gasteiger partial charge in [0, 0.05) is 54.8 Å². The summed E-state index contributed by atoms with van der Waals surface area (Å²) in [7, 11) is 5.44. The number of pyridine rings is 1. The lowest BCUT2D eigenvalue weighted by molar-refractivity contribution is -0.134. The second kappa shape index (κ2) is 10.3. The van der Waals surface area contributed by atoms with Crippen LogP contribution < -0.4 is 11.1 Å². The van der Waals surface area contributed by atoms with Gasteiger partial charge in [-0.1, -0.05) is 17.7 Å². The molecule has 1 aliphatic carbocycles. The molecule has 1 saturated carbocycles. The van der Waals surface area contributed by atoms with Crippen molar-refractivity contribution in [2.75, 3.05) is 27.7 Å². The van der Waals surface area contributed by atoms with E-state index in [4.69, 9.17) is 17.3 Å². The highest BCUT2D eigenvalue weighted by atomic mass is 35.5. The lowest BCUT2D eigenvalue weighted by atomic mass is 9.70. The van der Waals surface area contributed by atoms with Crippen molar-refractivity contribution in [1.29, 1.82) is 0 Å². The topological polar surface area (TPSA) is 122 Å².